The minimum absolute atomic E-state index is 0.0925. The molecule has 4 heteroatoms. The Morgan fingerprint density at radius 3 is 2.62 bits per heavy atom. The fraction of sp³-hybridized carbons (Fsp3) is 0.824. The minimum atomic E-state index is -0.573. The van der Waals surface area contributed by atoms with Gasteiger partial charge in [-0.1, -0.05) is 20.8 Å². The highest BCUT2D eigenvalue weighted by molar-refractivity contribution is 7.09. The SMILES string of the molecule is CC(C)N1CCCC(O)(Cc2nc(C(C)(C)C)cs2)CC1. The lowest BCUT2D eigenvalue weighted by Crippen LogP contribution is -2.35. The van der Waals surface area contributed by atoms with Gasteiger partial charge in [-0.25, -0.2) is 4.98 Å². The molecule has 1 saturated heterocycles. The van der Waals surface area contributed by atoms with E-state index in [0.29, 0.717) is 12.5 Å². The van der Waals surface area contributed by atoms with Crippen molar-refractivity contribution in [2.45, 2.75) is 77.4 Å². The molecule has 3 nitrogen and oxygen atoms in total. The average molecular weight is 311 g/mol. The smallest absolute Gasteiger partial charge is 0.0957 e. The van der Waals surface area contributed by atoms with E-state index in [9.17, 15) is 5.11 Å². The zero-order valence-corrected chi connectivity index (χ0v) is 15.0. The van der Waals surface area contributed by atoms with Crippen LogP contribution in [0.15, 0.2) is 5.38 Å². The Balaban J connectivity index is 2.02. The van der Waals surface area contributed by atoms with E-state index in [1.165, 1.54) is 0 Å². The molecule has 0 aliphatic carbocycles. The van der Waals surface area contributed by atoms with Crippen molar-refractivity contribution in [2.24, 2.45) is 0 Å². The van der Waals surface area contributed by atoms with Crippen LogP contribution in [0.2, 0.25) is 0 Å². The number of aromatic nitrogens is 1. The third kappa shape index (κ3) is 4.51. The molecule has 21 heavy (non-hydrogen) atoms. The molecule has 1 atom stereocenters. The first kappa shape index (κ1) is 16.9. The van der Waals surface area contributed by atoms with Gasteiger partial charge in [0.2, 0.25) is 0 Å². The van der Waals surface area contributed by atoms with Crippen LogP contribution in [0.3, 0.4) is 0 Å². The number of likely N-dealkylation sites (tertiary alicyclic amines) is 1. The summed E-state index contributed by atoms with van der Waals surface area (Å²) >= 11 is 1.70. The van der Waals surface area contributed by atoms with E-state index in [1.807, 2.05) is 0 Å². The molecule has 0 saturated carbocycles. The van der Waals surface area contributed by atoms with Gasteiger partial charge in [-0.05, 0) is 39.7 Å². The molecule has 1 N–H and O–H groups in total. The number of hydrogen-bond donors (Lipinski definition) is 1. The van der Waals surface area contributed by atoms with Gasteiger partial charge in [-0.15, -0.1) is 11.3 Å². The molecule has 1 aromatic heterocycles. The highest BCUT2D eigenvalue weighted by Gasteiger charge is 2.32. The van der Waals surface area contributed by atoms with Crippen molar-refractivity contribution >= 4 is 11.3 Å². The second-order valence-corrected chi connectivity index (χ2v) is 8.70. The first-order chi connectivity index (χ1) is 9.70. The van der Waals surface area contributed by atoms with Crippen LogP contribution in [0.1, 0.15) is 64.6 Å². The molecule has 1 unspecified atom stereocenters. The zero-order valence-electron chi connectivity index (χ0n) is 14.1. The van der Waals surface area contributed by atoms with E-state index in [4.69, 9.17) is 4.98 Å². The molecule has 0 amide bonds. The van der Waals surface area contributed by atoms with Crippen molar-refractivity contribution in [3.05, 3.63) is 16.1 Å². The first-order valence-corrected chi connectivity index (χ1v) is 8.99. The second kappa shape index (κ2) is 6.35. The molecule has 0 bridgehead atoms. The minimum Gasteiger partial charge on any atom is -0.389 e. The summed E-state index contributed by atoms with van der Waals surface area (Å²) in [5, 5.41) is 14.2. The predicted molar refractivity (Wildman–Crippen MR) is 90.0 cm³/mol. The molecular formula is C17H30N2OS. The molecule has 1 fully saturated rings. The highest BCUT2D eigenvalue weighted by Crippen LogP contribution is 2.30. The van der Waals surface area contributed by atoms with E-state index in [2.05, 4.69) is 44.9 Å². The quantitative estimate of drug-likeness (QED) is 0.926. The molecule has 1 aromatic rings. The van der Waals surface area contributed by atoms with Gasteiger partial charge in [0.1, 0.15) is 0 Å². The number of aliphatic hydroxyl groups is 1. The van der Waals surface area contributed by atoms with E-state index in [1.54, 1.807) is 11.3 Å². The van der Waals surface area contributed by atoms with Gasteiger partial charge in [-0.2, -0.15) is 0 Å². The van der Waals surface area contributed by atoms with Crippen molar-refractivity contribution in [1.82, 2.24) is 9.88 Å². The number of rotatable bonds is 3. The van der Waals surface area contributed by atoms with Crippen LogP contribution in [-0.4, -0.2) is 39.7 Å². The number of thiazole rings is 1. The van der Waals surface area contributed by atoms with Gasteiger partial charge in [0.25, 0.3) is 0 Å². The van der Waals surface area contributed by atoms with Gasteiger partial charge in [0.15, 0.2) is 0 Å². The molecule has 120 valence electrons. The van der Waals surface area contributed by atoms with E-state index >= 15 is 0 Å². The summed E-state index contributed by atoms with van der Waals surface area (Å²) in [5.41, 5.74) is 0.662. The molecule has 2 heterocycles. The van der Waals surface area contributed by atoms with Crippen LogP contribution >= 0.6 is 11.3 Å². The summed E-state index contributed by atoms with van der Waals surface area (Å²) < 4.78 is 0. The van der Waals surface area contributed by atoms with Gasteiger partial charge >= 0.3 is 0 Å². The maximum atomic E-state index is 11.0. The molecule has 1 aliphatic heterocycles. The zero-order chi connectivity index (χ0) is 15.7. The van der Waals surface area contributed by atoms with Crippen LogP contribution in [0.25, 0.3) is 0 Å². The summed E-state index contributed by atoms with van der Waals surface area (Å²) in [7, 11) is 0. The van der Waals surface area contributed by atoms with Crippen LogP contribution in [0.4, 0.5) is 0 Å². The fourth-order valence-electron chi connectivity index (χ4n) is 2.91. The fourth-order valence-corrected chi connectivity index (χ4v) is 4.07. The Labute approximate surface area is 133 Å². The van der Waals surface area contributed by atoms with Gasteiger partial charge in [0, 0.05) is 29.8 Å². The normalized spacial score (nSPS) is 25.3. The van der Waals surface area contributed by atoms with Crippen molar-refractivity contribution in [3.8, 4) is 0 Å². The third-order valence-electron chi connectivity index (χ3n) is 4.48. The lowest BCUT2D eigenvalue weighted by molar-refractivity contribution is 0.0248. The summed E-state index contributed by atoms with van der Waals surface area (Å²) in [6.07, 6.45) is 3.53. The van der Waals surface area contributed by atoms with Crippen molar-refractivity contribution in [3.63, 3.8) is 0 Å². The maximum absolute atomic E-state index is 11.0. The van der Waals surface area contributed by atoms with Crippen molar-refractivity contribution < 1.29 is 5.11 Å². The Morgan fingerprint density at radius 2 is 2.05 bits per heavy atom. The second-order valence-electron chi connectivity index (χ2n) is 7.76. The summed E-state index contributed by atoms with van der Waals surface area (Å²) in [4.78, 5) is 7.22. The largest absolute Gasteiger partial charge is 0.389 e. The predicted octanol–water partition coefficient (Wildman–Crippen LogP) is 3.61. The lowest BCUT2D eigenvalue weighted by Gasteiger charge is -2.27. The molecule has 0 spiro atoms. The molecule has 1 aliphatic rings. The maximum Gasteiger partial charge on any atom is 0.0957 e. The van der Waals surface area contributed by atoms with Gasteiger partial charge in [-0.3, -0.25) is 0 Å². The number of nitrogens with zero attached hydrogens (tertiary/aromatic N) is 2. The van der Waals surface area contributed by atoms with Crippen LogP contribution in [0, 0.1) is 0 Å². The summed E-state index contributed by atoms with van der Waals surface area (Å²) in [6, 6.07) is 0.569. The summed E-state index contributed by atoms with van der Waals surface area (Å²) in [6.45, 7) is 13.1. The Bertz CT molecular complexity index is 464. The monoisotopic (exact) mass is 310 g/mol. The first-order valence-electron chi connectivity index (χ1n) is 8.11. The molecule has 0 aromatic carbocycles. The Kier molecular flexibility index (Phi) is 5.11. The van der Waals surface area contributed by atoms with Gasteiger partial charge < -0.3 is 10.0 Å². The van der Waals surface area contributed by atoms with Crippen LogP contribution in [0.5, 0.6) is 0 Å². The van der Waals surface area contributed by atoms with Crippen LogP contribution in [-0.2, 0) is 11.8 Å². The van der Waals surface area contributed by atoms with Gasteiger partial charge in [0.05, 0.1) is 16.3 Å². The van der Waals surface area contributed by atoms with Crippen molar-refractivity contribution in [1.29, 1.82) is 0 Å². The van der Waals surface area contributed by atoms with Crippen molar-refractivity contribution in [2.75, 3.05) is 13.1 Å². The Morgan fingerprint density at radius 1 is 1.33 bits per heavy atom. The topological polar surface area (TPSA) is 36.4 Å². The lowest BCUT2D eigenvalue weighted by atomic mass is 9.91. The van der Waals surface area contributed by atoms with E-state index < -0.39 is 5.60 Å². The molecular weight excluding hydrogens is 280 g/mol. The third-order valence-corrected chi connectivity index (χ3v) is 5.33. The number of hydrogen-bond acceptors (Lipinski definition) is 4. The average Bonchev–Trinajstić information content (AvgIpc) is 2.72. The highest BCUT2D eigenvalue weighted by atomic mass is 32.1. The van der Waals surface area contributed by atoms with Crippen LogP contribution < -0.4 is 0 Å². The standard InChI is InChI=1S/C17H30N2OS/c1-13(2)19-9-6-7-17(20,8-10-19)11-15-18-14(12-21-15)16(3,4)5/h12-13,20H,6-11H2,1-5H3. The molecule has 0 radical (unpaired) electrons. The molecule has 2 rings (SSSR count). The van der Waals surface area contributed by atoms with E-state index in [0.717, 1.165) is 43.1 Å². The summed E-state index contributed by atoms with van der Waals surface area (Å²) in [5.74, 6) is 0. The Hall–Kier alpha value is -0.450. The van der Waals surface area contributed by atoms with E-state index in [-0.39, 0.29) is 5.41 Å².